The third-order valence-electron chi connectivity index (χ3n) is 3.41. The highest BCUT2D eigenvalue weighted by molar-refractivity contribution is 5.97. The van der Waals surface area contributed by atoms with Crippen LogP contribution in [0.5, 0.6) is 0 Å². The fraction of sp³-hybridized carbons (Fsp3) is 0.133. The Kier molecular flexibility index (Phi) is 3.29. The number of guanidine groups is 1. The molecule has 21 heavy (non-hydrogen) atoms. The fourth-order valence-electron chi connectivity index (χ4n) is 2.44. The molecule has 2 aromatic rings. The Balaban J connectivity index is 2.07. The second-order valence-corrected chi connectivity index (χ2v) is 4.70. The fourth-order valence-corrected chi connectivity index (χ4v) is 2.44. The van der Waals surface area contributed by atoms with Crippen LogP contribution >= 0.6 is 0 Å². The third-order valence-corrected chi connectivity index (χ3v) is 3.41. The maximum atomic E-state index is 14.0. The van der Waals surface area contributed by atoms with E-state index in [0.717, 1.165) is 18.2 Å². The number of hydrogen-bond donors (Lipinski definition) is 1. The summed E-state index contributed by atoms with van der Waals surface area (Å²) in [6.07, 6.45) is 0. The summed E-state index contributed by atoms with van der Waals surface area (Å²) < 4.78 is 41.3. The lowest BCUT2D eigenvalue weighted by Gasteiger charge is -2.27. The van der Waals surface area contributed by atoms with Crippen molar-refractivity contribution in [3.8, 4) is 0 Å². The zero-order valence-corrected chi connectivity index (χ0v) is 10.9. The van der Waals surface area contributed by atoms with Crippen molar-refractivity contribution in [3.05, 3.63) is 65.5 Å². The Morgan fingerprint density at radius 2 is 1.81 bits per heavy atom. The number of nitrogens with two attached hydrogens (primary N) is 1. The molecule has 1 aliphatic heterocycles. The van der Waals surface area contributed by atoms with Gasteiger partial charge >= 0.3 is 0 Å². The molecule has 0 saturated heterocycles. The van der Waals surface area contributed by atoms with E-state index in [4.69, 9.17) is 5.73 Å². The van der Waals surface area contributed by atoms with Crippen molar-refractivity contribution in [3.63, 3.8) is 0 Å². The first-order chi connectivity index (χ1) is 10.1. The predicted octanol–water partition coefficient (Wildman–Crippen LogP) is 2.98. The number of aliphatic imine (C=N–C) groups is 1. The number of benzene rings is 2. The lowest BCUT2D eigenvalue weighted by atomic mass is 10.0. The molecule has 0 bridgehead atoms. The van der Waals surface area contributed by atoms with Gasteiger partial charge < -0.3 is 10.6 Å². The quantitative estimate of drug-likeness (QED) is 0.924. The summed E-state index contributed by atoms with van der Waals surface area (Å²) in [5, 5.41) is 0. The van der Waals surface area contributed by atoms with E-state index in [1.807, 2.05) is 0 Å². The van der Waals surface area contributed by atoms with Gasteiger partial charge in [-0.3, -0.25) is 4.99 Å². The van der Waals surface area contributed by atoms with Gasteiger partial charge in [0.05, 0.1) is 18.3 Å². The molecule has 0 spiro atoms. The summed E-state index contributed by atoms with van der Waals surface area (Å²) in [5.41, 5.74) is 6.07. The number of hydrogen-bond acceptors (Lipinski definition) is 3. The number of halogens is 3. The Bertz CT molecular complexity index is 715. The molecule has 0 fully saturated rings. The molecule has 6 heteroatoms. The molecule has 2 aromatic carbocycles. The van der Waals surface area contributed by atoms with Crippen molar-refractivity contribution in [1.82, 2.24) is 0 Å². The Labute approximate surface area is 119 Å². The molecule has 0 amide bonds. The highest BCUT2D eigenvalue weighted by Crippen LogP contribution is 2.33. The molecule has 2 N–H and O–H groups in total. The molecular weight excluding hydrogens is 279 g/mol. The number of para-hydroxylation sites is 1. The van der Waals surface area contributed by atoms with E-state index in [1.54, 1.807) is 12.1 Å². The minimum absolute atomic E-state index is 0.0776. The highest BCUT2D eigenvalue weighted by atomic mass is 19.1. The maximum Gasteiger partial charge on any atom is 0.196 e. The first-order valence-electron chi connectivity index (χ1n) is 6.36. The number of rotatable bonds is 2. The normalized spacial score (nSPS) is 18.0. The molecular formula is C15H12F3N3. The molecule has 3 nitrogen and oxygen atoms in total. The molecule has 0 saturated carbocycles. The van der Waals surface area contributed by atoms with Gasteiger partial charge in [0.25, 0.3) is 0 Å². The summed E-state index contributed by atoms with van der Waals surface area (Å²) in [4.78, 5) is 5.41. The van der Waals surface area contributed by atoms with Gasteiger partial charge in [-0.1, -0.05) is 12.1 Å². The van der Waals surface area contributed by atoms with Crippen LogP contribution in [0, 0.1) is 17.5 Å². The Morgan fingerprint density at radius 1 is 1.05 bits per heavy atom. The molecule has 0 aliphatic carbocycles. The lowest BCUT2D eigenvalue weighted by molar-refractivity contribution is 0.565. The topological polar surface area (TPSA) is 41.6 Å². The van der Waals surface area contributed by atoms with Crippen LogP contribution in [0.3, 0.4) is 0 Å². The van der Waals surface area contributed by atoms with Crippen molar-refractivity contribution in [2.45, 2.75) is 6.04 Å². The van der Waals surface area contributed by atoms with E-state index < -0.39 is 23.5 Å². The van der Waals surface area contributed by atoms with Gasteiger partial charge in [-0.2, -0.15) is 0 Å². The largest absolute Gasteiger partial charge is 0.369 e. The summed E-state index contributed by atoms with van der Waals surface area (Å²) in [6, 6.07) is 8.47. The summed E-state index contributed by atoms with van der Waals surface area (Å²) in [6.45, 7) is 0.139. The van der Waals surface area contributed by atoms with E-state index in [-0.39, 0.29) is 23.8 Å². The van der Waals surface area contributed by atoms with Crippen molar-refractivity contribution >= 4 is 11.6 Å². The number of nitrogens with zero attached hydrogens (tertiary/aromatic N) is 2. The second kappa shape index (κ2) is 5.12. The van der Waals surface area contributed by atoms with E-state index in [9.17, 15) is 13.2 Å². The molecule has 3 rings (SSSR count). The SMILES string of the molecule is NC1=NCC(c2cc(F)ccc2F)N1c1ccccc1F. The Morgan fingerprint density at radius 3 is 2.57 bits per heavy atom. The van der Waals surface area contributed by atoms with Crippen LogP contribution in [0.15, 0.2) is 47.5 Å². The van der Waals surface area contributed by atoms with Crippen molar-refractivity contribution in [2.24, 2.45) is 10.7 Å². The maximum absolute atomic E-state index is 14.0. The summed E-state index contributed by atoms with van der Waals surface area (Å²) in [7, 11) is 0. The minimum Gasteiger partial charge on any atom is -0.369 e. The second-order valence-electron chi connectivity index (χ2n) is 4.70. The summed E-state index contributed by atoms with van der Waals surface area (Å²) in [5.74, 6) is -1.56. The van der Waals surface area contributed by atoms with Gasteiger partial charge in [-0.25, -0.2) is 13.2 Å². The van der Waals surface area contributed by atoms with Gasteiger partial charge in [0.15, 0.2) is 5.96 Å². The molecule has 0 radical (unpaired) electrons. The van der Waals surface area contributed by atoms with Crippen LogP contribution in [-0.2, 0) is 0 Å². The van der Waals surface area contributed by atoms with Gasteiger partial charge in [0, 0.05) is 5.56 Å². The van der Waals surface area contributed by atoms with E-state index in [0.29, 0.717) is 0 Å². The number of anilines is 1. The van der Waals surface area contributed by atoms with Gasteiger partial charge in [0.1, 0.15) is 17.5 Å². The molecule has 108 valence electrons. The van der Waals surface area contributed by atoms with Crippen molar-refractivity contribution in [2.75, 3.05) is 11.4 Å². The van der Waals surface area contributed by atoms with Crippen molar-refractivity contribution in [1.29, 1.82) is 0 Å². The monoisotopic (exact) mass is 291 g/mol. The van der Waals surface area contributed by atoms with Crippen molar-refractivity contribution < 1.29 is 13.2 Å². The van der Waals surface area contributed by atoms with Crippen LogP contribution in [0.1, 0.15) is 11.6 Å². The van der Waals surface area contributed by atoms with Gasteiger partial charge in [-0.15, -0.1) is 0 Å². The van der Waals surface area contributed by atoms with Gasteiger partial charge in [-0.05, 0) is 30.3 Å². The van der Waals surface area contributed by atoms with Crippen LogP contribution in [-0.4, -0.2) is 12.5 Å². The average Bonchev–Trinajstić information content (AvgIpc) is 2.84. The first kappa shape index (κ1) is 13.5. The standard InChI is InChI=1S/C15H12F3N3/c16-9-5-6-11(17)10(7-9)14-8-20-15(19)21(14)13-4-2-1-3-12(13)18/h1-7,14H,8H2,(H2,19,20). The van der Waals surface area contributed by atoms with Crippen LogP contribution in [0.25, 0.3) is 0 Å². The smallest absolute Gasteiger partial charge is 0.196 e. The minimum atomic E-state index is -0.669. The predicted molar refractivity (Wildman–Crippen MR) is 74.5 cm³/mol. The zero-order chi connectivity index (χ0) is 15.0. The van der Waals surface area contributed by atoms with Crippen LogP contribution in [0.2, 0.25) is 0 Å². The molecule has 1 unspecified atom stereocenters. The first-order valence-corrected chi connectivity index (χ1v) is 6.36. The average molecular weight is 291 g/mol. The molecule has 1 aliphatic rings. The lowest BCUT2D eigenvalue weighted by Crippen LogP contribution is -2.37. The van der Waals surface area contributed by atoms with E-state index in [2.05, 4.69) is 4.99 Å². The van der Waals surface area contributed by atoms with E-state index in [1.165, 1.54) is 17.0 Å². The van der Waals surface area contributed by atoms with E-state index >= 15 is 0 Å². The van der Waals surface area contributed by atoms with Crippen LogP contribution < -0.4 is 10.6 Å². The molecule has 1 heterocycles. The highest BCUT2D eigenvalue weighted by Gasteiger charge is 2.32. The van der Waals surface area contributed by atoms with Crippen LogP contribution in [0.4, 0.5) is 18.9 Å². The molecule has 1 atom stereocenters. The zero-order valence-electron chi connectivity index (χ0n) is 10.9. The van der Waals surface area contributed by atoms with Gasteiger partial charge in [0.2, 0.25) is 0 Å². The summed E-state index contributed by atoms with van der Waals surface area (Å²) >= 11 is 0. The molecule has 0 aromatic heterocycles. The Hall–Kier alpha value is -2.50. The third kappa shape index (κ3) is 2.33.